The van der Waals surface area contributed by atoms with Crippen LogP contribution in [-0.2, 0) is 21.6 Å². The molecule has 0 bridgehead atoms. The van der Waals surface area contributed by atoms with Crippen molar-refractivity contribution >= 4 is 22.7 Å². The Morgan fingerprint density at radius 3 is 3.00 bits per heavy atom. The molecule has 0 unspecified atom stereocenters. The van der Waals surface area contributed by atoms with Crippen molar-refractivity contribution in [3.63, 3.8) is 0 Å². The van der Waals surface area contributed by atoms with Crippen molar-refractivity contribution in [2.24, 2.45) is 0 Å². The minimum absolute atomic E-state index is 0. The van der Waals surface area contributed by atoms with Gasteiger partial charge in [0.25, 0.3) is 5.92 Å². The molecule has 1 radical (unpaired) electrons. The van der Waals surface area contributed by atoms with Gasteiger partial charge < -0.3 is 15.2 Å². The number of nitrogens with one attached hydrogen (secondary N) is 2. The van der Waals surface area contributed by atoms with Gasteiger partial charge in [-0.05, 0) is 0 Å². The maximum absolute atomic E-state index is 13.3. The summed E-state index contributed by atoms with van der Waals surface area (Å²) in [5.41, 5.74) is 1.08. The smallest absolute Gasteiger partial charge is 0.268 e. The number of carbonyl (C=O) groups is 2. The molecular formula is C16H13CoF2N4O2-. The van der Waals surface area contributed by atoms with Gasteiger partial charge in [0.15, 0.2) is 0 Å². The van der Waals surface area contributed by atoms with Crippen LogP contribution in [0.15, 0.2) is 24.4 Å². The molecule has 2 heterocycles. The molecule has 133 valence electrons. The molecular weight excluding hydrogens is 377 g/mol. The standard InChI is InChI=1S/C16H13F2N4O2.Co/c17-16(18)5-10(6-19)22(9-16)14(23)8-21-15(24)12-7-20-13-4-2-1-3-11(12)13;/h2-4,7,10,20H,5,8-9H2,(H,21,24);/q-1;/t10-;/m0./s1. The van der Waals surface area contributed by atoms with E-state index in [-0.39, 0.29) is 16.8 Å². The Labute approximate surface area is 152 Å². The Balaban J connectivity index is 0.00000225. The summed E-state index contributed by atoms with van der Waals surface area (Å²) >= 11 is 0. The summed E-state index contributed by atoms with van der Waals surface area (Å²) in [6.07, 6.45) is 0.821. The molecule has 1 fully saturated rings. The number of aromatic amines is 1. The maximum atomic E-state index is 13.3. The molecule has 1 aliphatic heterocycles. The number of benzene rings is 1. The second-order valence-corrected chi connectivity index (χ2v) is 5.58. The number of nitrogens with zero attached hydrogens (tertiary/aromatic N) is 2. The van der Waals surface area contributed by atoms with Crippen molar-refractivity contribution in [2.75, 3.05) is 13.1 Å². The van der Waals surface area contributed by atoms with Gasteiger partial charge in [0.1, 0.15) is 6.04 Å². The third kappa shape index (κ3) is 3.80. The van der Waals surface area contributed by atoms with Crippen LogP contribution < -0.4 is 5.32 Å². The second kappa shape index (κ2) is 7.21. The third-order valence-corrected chi connectivity index (χ3v) is 3.91. The molecule has 0 spiro atoms. The van der Waals surface area contributed by atoms with E-state index in [1.165, 1.54) is 6.20 Å². The summed E-state index contributed by atoms with van der Waals surface area (Å²) in [5.74, 6) is -4.29. The van der Waals surface area contributed by atoms with Gasteiger partial charge in [-0.2, -0.15) is 23.5 Å². The minimum Gasteiger partial charge on any atom is -0.384 e. The van der Waals surface area contributed by atoms with E-state index >= 15 is 0 Å². The summed E-state index contributed by atoms with van der Waals surface area (Å²) in [6.45, 7) is -1.25. The molecule has 1 aromatic carbocycles. The summed E-state index contributed by atoms with van der Waals surface area (Å²) in [6, 6.07) is 8.45. The minimum atomic E-state index is -3.08. The van der Waals surface area contributed by atoms with Crippen LogP contribution in [-0.4, -0.2) is 46.8 Å². The van der Waals surface area contributed by atoms with E-state index in [9.17, 15) is 18.4 Å². The monoisotopic (exact) mass is 390 g/mol. The van der Waals surface area contributed by atoms with Crippen LogP contribution in [0.2, 0.25) is 0 Å². The molecule has 2 amide bonds. The van der Waals surface area contributed by atoms with Crippen molar-refractivity contribution in [3.05, 3.63) is 36.0 Å². The van der Waals surface area contributed by atoms with E-state index in [2.05, 4.69) is 16.4 Å². The molecule has 3 rings (SSSR count). The number of likely N-dealkylation sites (tertiary alicyclic amines) is 1. The summed E-state index contributed by atoms with van der Waals surface area (Å²) < 4.78 is 26.7. The topological polar surface area (TPSA) is 89.0 Å². The van der Waals surface area contributed by atoms with Crippen LogP contribution in [0.1, 0.15) is 16.8 Å². The fourth-order valence-electron chi connectivity index (χ4n) is 2.74. The van der Waals surface area contributed by atoms with Gasteiger partial charge in [-0.1, -0.05) is 10.9 Å². The Kier molecular flexibility index (Phi) is 5.44. The Hall–Kier alpha value is -2.44. The molecule has 2 N–H and O–H groups in total. The van der Waals surface area contributed by atoms with E-state index in [1.54, 1.807) is 24.3 Å². The van der Waals surface area contributed by atoms with E-state index < -0.39 is 43.3 Å². The van der Waals surface area contributed by atoms with Gasteiger partial charge in [0.05, 0.1) is 19.2 Å². The second-order valence-electron chi connectivity index (χ2n) is 5.58. The molecule has 1 saturated heterocycles. The fourth-order valence-corrected chi connectivity index (χ4v) is 2.74. The average molecular weight is 390 g/mol. The molecule has 1 aromatic heterocycles. The van der Waals surface area contributed by atoms with Crippen LogP contribution in [0, 0.1) is 17.4 Å². The van der Waals surface area contributed by atoms with Crippen molar-refractivity contribution in [2.45, 2.75) is 18.4 Å². The molecule has 0 aliphatic carbocycles. The number of amides is 2. The zero-order valence-corrected chi connectivity index (χ0v) is 13.8. The normalized spacial score (nSPS) is 18.4. The number of rotatable bonds is 3. The number of hydrogen-bond acceptors (Lipinski definition) is 3. The first-order valence-electron chi connectivity index (χ1n) is 7.23. The average Bonchev–Trinajstić information content (AvgIpc) is 3.12. The quantitative estimate of drug-likeness (QED) is 0.778. The maximum Gasteiger partial charge on any atom is 0.268 e. The first-order valence-corrected chi connectivity index (χ1v) is 7.23. The Morgan fingerprint density at radius 2 is 2.28 bits per heavy atom. The molecule has 6 nitrogen and oxygen atoms in total. The van der Waals surface area contributed by atoms with Crippen LogP contribution in [0.5, 0.6) is 0 Å². The Bertz CT molecular complexity index is 846. The van der Waals surface area contributed by atoms with Crippen molar-refractivity contribution < 1.29 is 35.1 Å². The Morgan fingerprint density at radius 1 is 1.52 bits per heavy atom. The molecule has 2 aromatic rings. The van der Waals surface area contributed by atoms with Crippen LogP contribution in [0.25, 0.3) is 10.9 Å². The fraction of sp³-hybridized carbons (Fsp3) is 0.312. The number of fused-ring (bicyclic) bond motifs is 1. The number of hydrogen-bond donors (Lipinski definition) is 2. The van der Waals surface area contributed by atoms with Gasteiger partial charge >= 0.3 is 0 Å². The number of alkyl halides is 2. The first kappa shape index (κ1) is 18.9. The number of carbonyl (C=O) groups excluding carboxylic acids is 2. The van der Waals surface area contributed by atoms with E-state index in [0.717, 1.165) is 10.4 Å². The summed E-state index contributed by atoms with van der Waals surface area (Å²) in [7, 11) is 0. The zero-order chi connectivity index (χ0) is 17.3. The van der Waals surface area contributed by atoms with Crippen molar-refractivity contribution in [3.8, 4) is 6.07 Å². The number of nitriles is 1. The van der Waals surface area contributed by atoms with Crippen LogP contribution in [0.4, 0.5) is 8.78 Å². The van der Waals surface area contributed by atoms with Crippen molar-refractivity contribution in [1.82, 2.24) is 15.2 Å². The first-order chi connectivity index (χ1) is 11.4. The number of halogens is 2. The van der Waals surface area contributed by atoms with E-state index in [1.807, 2.05) is 0 Å². The predicted octanol–water partition coefficient (Wildman–Crippen LogP) is 1.46. The number of H-pyrrole nitrogens is 1. The van der Waals surface area contributed by atoms with Crippen molar-refractivity contribution in [1.29, 1.82) is 5.26 Å². The molecule has 9 heteroatoms. The summed E-state index contributed by atoms with van der Waals surface area (Å²) in [4.78, 5) is 28.0. The molecule has 0 saturated carbocycles. The van der Waals surface area contributed by atoms with Gasteiger partial charge in [-0.25, -0.2) is 8.78 Å². The van der Waals surface area contributed by atoms with Gasteiger partial charge in [0, 0.05) is 35.0 Å². The largest absolute Gasteiger partial charge is 0.384 e. The molecule has 25 heavy (non-hydrogen) atoms. The van der Waals surface area contributed by atoms with Gasteiger partial charge in [-0.3, -0.25) is 9.59 Å². The predicted molar refractivity (Wildman–Crippen MR) is 80.1 cm³/mol. The van der Waals surface area contributed by atoms with E-state index in [4.69, 9.17) is 5.26 Å². The summed E-state index contributed by atoms with van der Waals surface area (Å²) in [5, 5.41) is 11.9. The zero-order valence-electron chi connectivity index (χ0n) is 12.8. The van der Waals surface area contributed by atoms with Gasteiger partial charge in [0.2, 0.25) is 11.8 Å². The third-order valence-electron chi connectivity index (χ3n) is 3.91. The number of aromatic nitrogens is 1. The SMILES string of the molecule is N#C[C@@H]1CC(F)(F)CN1C(=O)CNC(=O)c1c[nH]c2cc[c-]cc12.[Co]. The van der Waals surface area contributed by atoms with Crippen LogP contribution >= 0.6 is 0 Å². The van der Waals surface area contributed by atoms with Crippen LogP contribution in [0.3, 0.4) is 0 Å². The molecule has 1 atom stereocenters. The molecule has 1 aliphatic rings. The van der Waals surface area contributed by atoms with Gasteiger partial charge in [-0.15, -0.1) is 6.07 Å². The van der Waals surface area contributed by atoms with E-state index in [0.29, 0.717) is 10.9 Å².